The van der Waals surface area contributed by atoms with Crippen molar-refractivity contribution >= 4 is 11.8 Å². The summed E-state index contributed by atoms with van der Waals surface area (Å²) in [6, 6.07) is 6.37. The molecule has 0 aliphatic rings. The van der Waals surface area contributed by atoms with Crippen molar-refractivity contribution in [2.75, 3.05) is 0 Å². The van der Waals surface area contributed by atoms with Gasteiger partial charge in [0.25, 0.3) is 0 Å². The molecule has 0 spiro atoms. The van der Waals surface area contributed by atoms with E-state index in [9.17, 15) is 0 Å². The Morgan fingerprint density at radius 3 is 2.47 bits per heavy atom. The summed E-state index contributed by atoms with van der Waals surface area (Å²) in [5, 5.41) is 0.636. The number of nitrogens with two attached hydrogens (primary N) is 1. The topological polar surface area (TPSA) is 26.0 Å². The van der Waals surface area contributed by atoms with Crippen molar-refractivity contribution in [3.63, 3.8) is 0 Å². The average molecular weight is 223 g/mol. The van der Waals surface area contributed by atoms with Gasteiger partial charge in [0.2, 0.25) is 0 Å². The van der Waals surface area contributed by atoms with Crippen LogP contribution in [0.15, 0.2) is 23.1 Å². The molecule has 1 atom stereocenters. The van der Waals surface area contributed by atoms with Gasteiger partial charge in [-0.3, -0.25) is 0 Å². The summed E-state index contributed by atoms with van der Waals surface area (Å²) in [7, 11) is 0. The van der Waals surface area contributed by atoms with Gasteiger partial charge in [-0.2, -0.15) is 0 Å². The third-order valence-corrected chi connectivity index (χ3v) is 4.49. The molecule has 0 aliphatic carbocycles. The van der Waals surface area contributed by atoms with Crippen LogP contribution < -0.4 is 5.73 Å². The maximum atomic E-state index is 5.76. The third kappa shape index (κ3) is 3.25. The largest absolute Gasteiger partial charge is 0.326 e. The molecule has 1 aromatic carbocycles. The lowest BCUT2D eigenvalue weighted by Crippen LogP contribution is -2.08. The maximum Gasteiger partial charge on any atom is 0.0189 e. The average Bonchev–Trinajstić information content (AvgIpc) is 2.20. The predicted octanol–water partition coefficient (Wildman–Crippen LogP) is 3.59. The quantitative estimate of drug-likeness (QED) is 0.789. The summed E-state index contributed by atoms with van der Waals surface area (Å²) < 4.78 is 0. The lowest BCUT2D eigenvalue weighted by Gasteiger charge is -2.18. The summed E-state index contributed by atoms with van der Waals surface area (Å²) in [6.45, 7) is 9.60. The highest BCUT2D eigenvalue weighted by Crippen LogP contribution is 2.32. The third-order valence-electron chi connectivity index (χ3n) is 2.76. The van der Waals surface area contributed by atoms with Gasteiger partial charge in [-0.05, 0) is 24.0 Å². The zero-order valence-corrected chi connectivity index (χ0v) is 10.9. The molecule has 0 radical (unpaired) electrons. The Bertz CT molecular complexity index is 320. The van der Waals surface area contributed by atoms with Gasteiger partial charge in [0.1, 0.15) is 0 Å². The van der Waals surface area contributed by atoms with Crippen LogP contribution in [0.4, 0.5) is 0 Å². The van der Waals surface area contributed by atoms with E-state index in [0.717, 1.165) is 0 Å². The van der Waals surface area contributed by atoms with Crippen molar-refractivity contribution in [2.45, 2.75) is 44.4 Å². The van der Waals surface area contributed by atoms with Gasteiger partial charge in [-0.25, -0.2) is 0 Å². The van der Waals surface area contributed by atoms with Gasteiger partial charge in [0.05, 0.1) is 0 Å². The molecule has 0 saturated carbocycles. The van der Waals surface area contributed by atoms with Gasteiger partial charge in [0, 0.05) is 16.7 Å². The van der Waals surface area contributed by atoms with Crippen LogP contribution in [0.5, 0.6) is 0 Å². The molecule has 0 bridgehead atoms. The van der Waals surface area contributed by atoms with E-state index in [2.05, 4.69) is 45.9 Å². The molecule has 0 fully saturated rings. The second-order valence-electron chi connectivity index (χ2n) is 4.33. The SMILES string of the molecule is Cc1cccc(CN)c1SC(C)C(C)C. The Labute approximate surface area is 97.4 Å². The molecule has 84 valence electrons. The fourth-order valence-electron chi connectivity index (χ4n) is 1.36. The lowest BCUT2D eigenvalue weighted by molar-refractivity contribution is 0.642. The van der Waals surface area contributed by atoms with Crippen molar-refractivity contribution < 1.29 is 0 Å². The predicted molar refractivity (Wildman–Crippen MR) is 69.2 cm³/mol. The van der Waals surface area contributed by atoms with Crippen LogP contribution in [0.2, 0.25) is 0 Å². The number of rotatable bonds is 4. The summed E-state index contributed by atoms with van der Waals surface area (Å²) in [5.41, 5.74) is 8.37. The molecule has 0 amide bonds. The molecule has 15 heavy (non-hydrogen) atoms. The molecule has 0 heterocycles. The van der Waals surface area contributed by atoms with E-state index in [4.69, 9.17) is 5.73 Å². The minimum Gasteiger partial charge on any atom is -0.326 e. The van der Waals surface area contributed by atoms with E-state index in [1.54, 1.807) is 0 Å². The van der Waals surface area contributed by atoms with Crippen LogP contribution in [-0.4, -0.2) is 5.25 Å². The van der Waals surface area contributed by atoms with E-state index in [-0.39, 0.29) is 0 Å². The first-order chi connectivity index (χ1) is 7.06. The van der Waals surface area contributed by atoms with Gasteiger partial charge in [-0.1, -0.05) is 39.0 Å². The fourth-order valence-corrected chi connectivity index (χ4v) is 2.57. The van der Waals surface area contributed by atoms with Crippen LogP contribution in [-0.2, 0) is 6.54 Å². The van der Waals surface area contributed by atoms with Crippen LogP contribution in [0, 0.1) is 12.8 Å². The standard InChI is InChI=1S/C13H21NS/c1-9(2)11(4)15-13-10(3)6-5-7-12(13)8-14/h5-7,9,11H,8,14H2,1-4H3. The zero-order chi connectivity index (χ0) is 11.4. The van der Waals surface area contributed by atoms with Gasteiger partial charge < -0.3 is 5.73 Å². The first kappa shape index (κ1) is 12.6. The van der Waals surface area contributed by atoms with Gasteiger partial charge >= 0.3 is 0 Å². The highest BCUT2D eigenvalue weighted by atomic mass is 32.2. The highest BCUT2D eigenvalue weighted by molar-refractivity contribution is 8.00. The molecule has 2 N–H and O–H groups in total. The summed E-state index contributed by atoms with van der Waals surface area (Å²) in [4.78, 5) is 1.38. The first-order valence-electron chi connectivity index (χ1n) is 5.51. The molecule has 0 saturated heterocycles. The monoisotopic (exact) mass is 223 g/mol. The van der Waals surface area contributed by atoms with Gasteiger partial charge in [-0.15, -0.1) is 11.8 Å². The van der Waals surface area contributed by atoms with Crippen molar-refractivity contribution in [1.82, 2.24) is 0 Å². The van der Waals surface area contributed by atoms with Crippen molar-refractivity contribution in [2.24, 2.45) is 11.7 Å². The molecule has 1 nitrogen and oxygen atoms in total. The minimum absolute atomic E-state index is 0.634. The van der Waals surface area contributed by atoms with Gasteiger partial charge in [0.15, 0.2) is 0 Å². The van der Waals surface area contributed by atoms with Crippen molar-refractivity contribution in [1.29, 1.82) is 0 Å². The number of aryl methyl sites for hydroxylation is 1. The van der Waals surface area contributed by atoms with Crippen LogP contribution in [0.3, 0.4) is 0 Å². The molecule has 2 heteroatoms. The van der Waals surface area contributed by atoms with E-state index in [0.29, 0.717) is 17.7 Å². The van der Waals surface area contributed by atoms with Crippen molar-refractivity contribution in [3.05, 3.63) is 29.3 Å². The Balaban J connectivity index is 2.92. The van der Waals surface area contributed by atoms with Crippen LogP contribution in [0.25, 0.3) is 0 Å². The van der Waals surface area contributed by atoms with E-state index >= 15 is 0 Å². The zero-order valence-electron chi connectivity index (χ0n) is 10.1. The Hall–Kier alpha value is -0.470. The summed E-state index contributed by atoms with van der Waals surface area (Å²) >= 11 is 1.95. The molecular weight excluding hydrogens is 202 g/mol. The molecule has 1 rings (SSSR count). The van der Waals surface area contributed by atoms with E-state index in [1.165, 1.54) is 16.0 Å². The molecule has 0 aliphatic heterocycles. The Morgan fingerprint density at radius 2 is 1.93 bits per heavy atom. The second kappa shape index (κ2) is 5.57. The van der Waals surface area contributed by atoms with Crippen LogP contribution in [0.1, 0.15) is 31.9 Å². The molecule has 1 aromatic rings. The molecular formula is C13H21NS. The van der Waals surface area contributed by atoms with E-state index in [1.807, 2.05) is 11.8 Å². The smallest absolute Gasteiger partial charge is 0.0189 e. The second-order valence-corrected chi connectivity index (χ2v) is 5.72. The molecule has 0 aromatic heterocycles. The first-order valence-corrected chi connectivity index (χ1v) is 6.39. The number of thioether (sulfide) groups is 1. The van der Waals surface area contributed by atoms with Crippen LogP contribution >= 0.6 is 11.8 Å². The minimum atomic E-state index is 0.634. The Kier molecular flexibility index (Phi) is 4.68. The number of benzene rings is 1. The fraction of sp³-hybridized carbons (Fsp3) is 0.538. The number of hydrogen-bond donors (Lipinski definition) is 1. The molecule has 1 unspecified atom stereocenters. The Morgan fingerprint density at radius 1 is 1.27 bits per heavy atom. The summed E-state index contributed by atoms with van der Waals surface area (Å²) in [5.74, 6) is 0.695. The normalized spacial score (nSPS) is 13.2. The lowest BCUT2D eigenvalue weighted by atomic mass is 10.1. The highest BCUT2D eigenvalue weighted by Gasteiger charge is 2.12. The summed E-state index contributed by atoms with van der Waals surface area (Å²) in [6.07, 6.45) is 0. The van der Waals surface area contributed by atoms with Crippen molar-refractivity contribution in [3.8, 4) is 0 Å². The maximum absolute atomic E-state index is 5.76. The van der Waals surface area contributed by atoms with E-state index < -0.39 is 0 Å². The number of hydrogen-bond acceptors (Lipinski definition) is 2.